The van der Waals surface area contributed by atoms with E-state index in [9.17, 15) is 4.79 Å². The van der Waals surface area contributed by atoms with Crippen molar-refractivity contribution in [2.24, 2.45) is 0 Å². The monoisotopic (exact) mass is 337 g/mol. The van der Waals surface area contributed by atoms with Crippen LogP contribution in [-0.4, -0.2) is 55.4 Å². The number of hydrogen-bond acceptors (Lipinski definition) is 3. The Labute approximate surface area is 146 Å². The van der Waals surface area contributed by atoms with Crippen LogP contribution in [0.3, 0.4) is 0 Å². The molecule has 0 bridgehead atoms. The van der Waals surface area contributed by atoms with Crippen LogP contribution in [0, 0.1) is 0 Å². The summed E-state index contributed by atoms with van der Waals surface area (Å²) in [4.78, 5) is 14.7. The molecule has 0 radical (unpaired) electrons. The number of amides is 2. The molecule has 1 spiro atoms. The average molecular weight is 338 g/mol. The SMILES string of the molecule is O=C(NCCCN1CCCCC1)NC1CCOC2(CCCCC2)C1. The number of ether oxygens (including phenoxy) is 1. The van der Waals surface area contributed by atoms with Gasteiger partial charge < -0.3 is 20.3 Å². The van der Waals surface area contributed by atoms with Gasteiger partial charge in [0.15, 0.2) is 0 Å². The zero-order valence-electron chi connectivity index (χ0n) is 15.2. The summed E-state index contributed by atoms with van der Waals surface area (Å²) in [7, 11) is 0. The van der Waals surface area contributed by atoms with Crippen molar-refractivity contribution in [3.63, 3.8) is 0 Å². The summed E-state index contributed by atoms with van der Waals surface area (Å²) in [5.74, 6) is 0. The van der Waals surface area contributed by atoms with Gasteiger partial charge in [-0.1, -0.05) is 25.7 Å². The molecule has 2 aliphatic heterocycles. The third kappa shape index (κ3) is 5.35. The second kappa shape index (κ2) is 9.04. The lowest BCUT2D eigenvalue weighted by molar-refractivity contribution is -0.107. The van der Waals surface area contributed by atoms with Crippen molar-refractivity contribution in [3.8, 4) is 0 Å². The van der Waals surface area contributed by atoms with Crippen molar-refractivity contribution in [1.82, 2.24) is 15.5 Å². The van der Waals surface area contributed by atoms with Crippen molar-refractivity contribution in [2.75, 3.05) is 32.8 Å². The Hall–Kier alpha value is -0.810. The van der Waals surface area contributed by atoms with E-state index in [4.69, 9.17) is 4.74 Å². The standard InChI is InChI=1S/C19H35N3O2/c23-18(20-11-7-14-22-12-5-2-6-13-22)21-17-8-15-24-19(16-17)9-3-1-4-10-19/h17H,1-16H2,(H2,20,21,23). The topological polar surface area (TPSA) is 53.6 Å². The first-order valence-corrected chi connectivity index (χ1v) is 10.2. The number of rotatable bonds is 5. The predicted molar refractivity (Wildman–Crippen MR) is 96.2 cm³/mol. The molecule has 2 N–H and O–H groups in total. The summed E-state index contributed by atoms with van der Waals surface area (Å²) < 4.78 is 6.11. The second-order valence-electron chi connectivity index (χ2n) is 7.94. The molecule has 3 fully saturated rings. The van der Waals surface area contributed by atoms with Crippen LogP contribution in [0.4, 0.5) is 4.79 Å². The van der Waals surface area contributed by atoms with Crippen LogP contribution in [0.5, 0.6) is 0 Å². The molecule has 2 heterocycles. The molecular weight excluding hydrogens is 302 g/mol. The quantitative estimate of drug-likeness (QED) is 0.758. The average Bonchev–Trinajstić information content (AvgIpc) is 2.60. The molecule has 3 aliphatic rings. The van der Waals surface area contributed by atoms with Gasteiger partial charge in [-0.05, 0) is 64.6 Å². The van der Waals surface area contributed by atoms with E-state index >= 15 is 0 Å². The van der Waals surface area contributed by atoms with Crippen LogP contribution < -0.4 is 10.6 Å². The number of hydrogen-bond donors (Lipinski definition) is 2. The smallest absolute Gasteiger partial charge is 0.315 e. The maximum absolute atomic E-state index is 12.2. The van der Waals surface area contributed by atoms with Gasteiger partial charge in [-0.15, -0.1) is 0 Å². The Morgan fingerprint density at radius 2 is 1.83 bits per heavy atom. The number of urea groups is 1. The molecule has 1 aliphatic carbocycles. The third-order valence-corrected chi connectivity index (χ3v) is 5.98. The van der Waals surface area contributed by atoms with Gasteiger partial charge in [-0.25, -0.2) is 4.79 Å². The number of carbonyl (C=O) groups is 1. The summed E-state index contributed by atoms with van der Waals surface area (Å²) >= 11 is 0. The molecule has 0 aromatic heterocycles. The molecule has 1 saturated carbocycles. The summed E-state index contributed by atoms with van der Waals surface area (Å²) in [5, 5.41) is 6.23. The molecule has 1 atom stereocenters. The lowest BCUT2D eigenvalue weighted by Crippen LogP contribution is -2.51. The lowest BCUT2D eigenvalue weighted by Gasteiger charge is -2.43. The first-order chi connectivity index (χ1) is 11.8. The van der Waals surface area contributed by atoms with Gasteiger partial charge in [-0.2, -0.15) is 0 Å². The minimum Gasteiger partial charge on any atom is -0.375 e. The zero-order valence-corrected chi connectivity index (χ0v) is 15.2. The van der Waals surface area contributed by atoms with Crippen molar-refractivity contribution >= 4 is 6.03 Å². The first-order valence-electron chi connectivity index (χ1n) is 10.2. The fourth-order valence-electron chi connectivity index (χ4n) is 4.62. The molecule has 5 nitrogen and oxygen atoms in total. The van der Waals surface area contributed by atoms with E-state index in [1.54, 1.807) is 0 Å². The summed E-state index contributed by atoms with van der Waals surface area (Å²) in [6.45, 7) is 5.14. The normalized spacial score (nSPS) is 27.8. The van der Waals surface area contributed by atoms with Crippen LogP contribution in [0.15, 0.2) is 0 Å². The number of likely N-dealkylation sites (tertiary alicyclic amines) is 1. The molecule has 138 valence electrons. The van der Waals surface area contributed by atoms with Crippen LogP contribution >= 0.6 is 0 Å². The van der Waals surface area contributed by atoms with E-state index in [0.29, 0.717) is 0 Å². The Kier molecular flexibility index (Phi) is 6.78. The van der Waals surface area contributed by atoms with E-state index in [0.717, 1.165) is 39.0 Å². The van der Waals surface area contributed by atoms with Gasteiger partial charge in [0.25, 0.3) is 0 Å². The Balaban J connectivity index is 1.31. The van der Waals surface area contributed by atoms with E-state index in [1.807, 2.05) is 0 Å². The van der Waals surface area contributed by atoms with E-state index < -0.39 is 0 Å². The minimum atomic E-state index is 0.00602. The number of piperidine rings is 1. The predicted octanol–water partition coefficient (Wildman–Crippen LogP) is 3.04. The highest BCUT2D eigenvalue weighted by molar-refractivity contribution is 5.74. The highest BCUT2D eigenvalue weighted by Gasteiger charge is 2.38. The summed E-state index contributed by atoms with van der Waals surface area (Å²) in [6.07, 6.45) is 13.3. The van der Waals surface area contributed by atoms with E-state index in [1.165, 1.54) is 64.5 Å². The van der Waals surface area contributed by atoms with E-state index in [2.05, 4.69) is 15.5 Å². The molecule has 0 aromatic rings. The fourth-order valence-corrected chi connectivity index (χ4v) is 4.62. The highest BCUT2D eigenvalue weighted by atomic mass is 16.5. The number of nitrogens with zero attached hydrogens (tertiary/aromatic N) is 1. The summed E-state index contributed by atoms with van der Waals surface area (Å²) in [6, 6.07) is 0.283. The molecule has 2 saturated heterocycles. The molecular formula is C19H35N3O2. The van der Waals surface area contributed by atoms with Gasteiger partial charge >= 0.3 is 6.03 Å². The van der Waals surface area contributed by atoms with Crippen molar-refractivity contribution in [2.45, 2.75) is 82.3 Å². The van der Waals surface area contributed by atoms with Gasteiger partial charge in [-0.3, -0.25) is 0 Å². The minimum absolute atomic E-state index is 0.00602. The van der Waals surface area contributed by atoms with Gasteiger partial charge in [0, 0.05) is 19.2 Å². The molecule has 0 aromatic carbocycles. The van der Waals surface area contributed by atoms with Crippen molar-refractivity contribution in [1.29, 1.82) is 0 Å². The highest BCUT2D eigenvalue weighted by Crippen LogP contribution is 2.38. The van der Waals surface area contributed by atoms with Crippen molar-refractivity contribution in [3.05, 3.63) is 0 Å². The van der Waals surface area contributed by atoms with Crippen molar-refractivity contribution < 1.29 is 9.53 Å². The Bertz CT molecular complexity index is 385. The van der Waals surface area contributed by atoms with Gasteiger partial charge in [0.2, 0.25) is 0 Å². The molecule has 2 amide bonds. The second-order valence-corrected chi connectivity index (χ2v) is 7.94. The molecule has 24 heavy (non-hydrogen) atoms. The number of nitrogens with one attached hydrogen (secondary N) is 2. The summed E-state index contributed by atoms with van der Waals surface area (Å²) in [5.41, 5.74) is 0.0582. The third-order valence-electron chi connectivity index (χ3n) is 5.98. The number of carbonyl (C=O) groups excluding carboxylic acids is 1. The maximum Gasteiger partial charge on any atom is 0.315 e. The van der Waals surface area contributed by atoms with Crippen LogP contribution in [0.1, 0.15) is 70.6 Å². The van der Waals surface area contributed by atoms with Crippen LogP contribution in [0.25, 0.3) is 0 Å². The van der Waals surface area contributed by atoms with Crippen LogP contribution in [0.2, 0.25) is 0 Å². The molecule has 1 unspecified atom stereocenters. The zero-order chi connectivity index (χ0) is 16.7. The largest absolute Gasteiger partial charge is 0.375 e. The fraction of sp³-hybridized carbons (Fsp3) is 0.947. The molecule has 5 heteroatoms. The first kappa shape index (κ1) is 18.0. The van der Waals surface area contributed by atoms with Gasteiger partial charge in [0.05, 0.1) is 5.60 Å². The Morgan fingerprint density at radius 3 is 2.62 bits per heavy atom. The lowest BCUT2D eigenvalue weighted by atomic mass is 9.78. The maximum atomic E-state index is 12.2. The van der Waals surface area contributed by atoms with E-state index in [-0.39, 0.29) is 17.7 Å². The Morgan fingerprint density at radius 1 is 1.08 bits per heavy atom. The van der Waals surface area contributed by atoms with Gasteiger partial charge in [0.1, 0.15) is 0 Å². The molecule has 3 rings (SSSR count). The van der Waals surface area contributed by atoms with Crippen LogP contribution in [-0.2, 0) is 4.74 Å².